The van der Waals surface area contributed by atoms with Gasteiger partial charge in [-0.2, -0.15) is 13.2 Å². The van der Waals surface area contributed by atoms with E-state index in [1.165, 1.54) is 11.6 Å². The number of hydrogen-bond acceptors (Lipinski definition) is 6. The number of likely N-dealkylation sites (tertiary alicyclic amines) is 2. The Morgan fingerprint density at radius 2 is 1.50 bits per heavy atom. The number of benzene rings is 3. The Kier molecular flexibility index (Phi) is 9.74. The molecule has 222 valence electrons. The topological polar surface area (TPSA) is 54.4 Å². The number of halogens is 3. The number of para-hydroxylation sites is 1. The molecule has 2 saturated heterocycles. The summed E-state index contributed by atoms with van der Waals surface area (Å²) in [6, 6.07) is 21.5. The fraction of sp³-hybridized carbons (Fsp3) is 0.406. The van der Waals surface area contributed by atoms with Crippen LogP contribution in [0.1, 0.15) is 49.1 Å². The minimum absolute atomic E-state index is 0.0932. The first-order valence-electron chi connectivity index (χ1n) is 14.3. The normalized spacial score (nSPS) is 17.2. The SMILES string of the molecule is O=Nc1ccc(OC2CCN(C(=S)CCN3CCC(c4ccc(Oc5ccccc5)cc4)CC3)CC2)cc1C(F)(F)F. The molecule has 2 aliphatic heterocycles. The third kappa shape index (κ3) is 7.86. The lowest BCUT2D eigenvalue weighted by Gasteiger charge is -2.36. The summed E-state index contributed by atoms with van der Waals surface area (Å²) in [4.78, 5) is 16.3. The summed E-state index contributed by atoms with van der Waals surface area (Å²) in [5, 5.41) is 2.48. The first-order chi connectivity index (χ1) is 20.3. The number of nitrogens with zero attached hydrogens (tertiary/aromatic N) is 3. The molecule has 0 aliphatic carbocycles. The maximum absolute atomic E-state index is 13.2. The Hall–Kier alpha value is -3.50. The first-order valence-corrected chi connectivity index (χ1v) is 14.7. The summed E-state index contributed by atoms with van der Waals surface area (Å²) in [5.74, 6) is 2.30. The van der Waals surface area contributed by atoms with Gasteiger partial charge >= 0.3 is 6.18 Å². The highest BCUT2D eigenvalue weighted by Crippen LogP contribution is 2.39. The number of alkyl halides is 3. The third-order valence-corrected chi connectivity index (χ3v) is 8.49. The van der Waals surface area contributed by atoms with Crippen molar-refractivity contribution in [3.63, 3.8) is 0 Å². The number of nitroso groups, excluding NO2 is 1. The average molecular weight is 598 g/mol. The molecule has 0 unspecified atom stereocenters. The largest absolute Gasteiger partial charge is 0.490 e. The lowest BCUT2D eigenvalue weighted by molar-refractivity contribution is -0.137. The Bertz CT molecular complexity index is 1340. The van der Waals surface area contributed by atoms with Crippen LogP contribution in [0.2, 0.25) is 0 Å². The van der Waals surface area contributed by atoms with Gasteiger partial charge in [0.25, 0.3) is 0 Å². The highest BCUT2D eigenvalue weighted by atomic mass is 32.1. The quantitative estimate of drug-likeness (QED) is 0.183. The molecule has 2 fully saturated rings. The van der Waals surface area contributed by atoms with Crippen molar-refractivity contribution in [2.24, 2.45) is 5.18 Å². The molecule has 3 aromatic rings. The summed E-state index contributed by atoms with van der Waals surface area (Å²) >= 11 is 5.74. The van der Waals surface area contributed by atoms with Crippen LogP contribution in [0.5, 0.6) is 17.2 Å². The van der Waals surface area contributed by atoms with Crippen molar-refractivity contribution in [3.8, 4) is 17.2 Å². The Labute approximate surface area is 249 Å². The maximum atomic E-state index is 13.2. The van der Waals surface area contributed by atoms with E-state index in [0.29, 0.717) is 31.8 Å². The van der Waals surface area contributed by atoms with Crippen LogP contribution in [0.15, 0.2) is 78.0 Å². The molecule has 0 N–H and O–H groups in total. The van der Waals surface area contributed by atoms with Crippen molar-refractivity contribution in [1.82, 2.24) is 9.80 Å². The molecule has 3 aromatic carbocycles. The second kappa shape index (κ2) is 13.6. The van der Waals surface area contributed by atoms with E-state index in [1.807, 2.05) is 42.5 Å². The van der Waals surface area contributed by atoms with Crippen LogP contribution in [-0.2, 0) is 6.18 Å². The van der Waals surface area contributed by atoms with E-state index >= 15 is 0 Å². The van der Waals surface area contributed by atoms with Gasteiger partial charge in [-0.1, -0.05) is 42.5 Å². The van der Waals surface area contributed by atoms with Gasteiger partial charge in [-0.25, -0.2) is 0 Å². The van der Waals surface area contributed by atoms with Crippen molar-refractivity contribution in [3.05, 3.63) is 88.8 Å². The molecule has 0 amide bonds. The van der Waals surface area contributed by atoms with E-state index in [2.05, 4.69) is 27.1 Å². The van der Waals surface area contributed by atoms with Crippen LogP contribution in [0.25, 0.3) is 0 Å². The molecule has 0 bridgehead atoms. The molecule has 2 heterocycles. The number of rotatable bonds is 9. The number of piperidine rings is 2. The zero-order valence-electron chi connectivity index (χ0n) is 23.3. The van der Waals surface area contributed by atoms with E-state index in [9.17, 15) is 18.1 Å². The maximum Gasteiger partial charge on any atom is 0.418 e. The van der Waals surface area contributed by atoms with Gasteiger partial charge in [-0.15, -0.1) is 4.91 Å². The molecule has 0 saturated carbocycles. The molecule has 6 nitrogen and oxygen atoms in total. The standard InChI is InChI=1S/C32H34F3N3O3S/c33-32(34,35)29-22-28(10-11-30(29)36-39)41-27-14-20-38(21-15-27)31(42)16-19-37-17-12-24(13-18-37)23-6-8-26(9-7-23)40-25-4-2-1-3-5-25/h1-11,22,24,27H,12-21H2. The van der Waals surface area contributed by atoms with Gasteiger partial charge in [0.2, 0.25) is 0 Å². The summed E-state index contributed by atoms with van der Waals surface area (Å²) in [7, 11) is 0. The van der Waals surface area contributed by atoms with Gasteiger partial charge in [-0.05, 0) is 85.1 Å². The zero-order chi connectivity index (χ0) is 29.5. The van der Waals surface area contributed by atoms with Gasteiger partial charge < -0.3 is 19.3 Å². The highest BCUT2D eigenvalue weighted by Gasteiger charge is 2.35. The fourth-order valence-corrected chi connectivity index (χ4v) is 5.92. The average Bonchev–Trinajstić information content (AvgIpc) is 3.01. The molecule has 0 spiro atoms. The van der Waals surface area contributed by atoms with Gasteiger partial charge in [-0.3, -0.25) is 0 Å². The van der Waals surface area contributed by atoms with Crippen molar-refractivity contribution in [2.75, 3.05) is 32.7 Å². The summed E-state index contributed by atoms with van der Waals surface area (Å²) < 4.78 is 51.4. The Morgan fingerprint density at radius 1 is 0.857 bits per heavy atom. The number of thiocarbonyl (C=S) groups is 1. The van der Waals surface area contributed by atoms with Crippen LogP contribution in [0.3, 0.4) is 0 Å². The third-order valence-electron chi connectivity index (χ3n) is 8.03. The van der Waals surface area contributed by atoms with Crippen molar-refractivity contribution >= 4 is 22.9 Å². The molecule has 0 radical (unpaired) electrons. The first kappa shape index (κ1) is 30.0. The number of ether oxygens (including phenoxy) is 2. The molecular weight excluding hydrogens is 563 g/mol. The zero-order valence-corrected chi connectivity index (χ0v) is 24.1. The Morgan fingerprint density at radius 3 is 2.14 bits per heavy atom. The van der Waals surface area contributed by atoms with E-state index in [1.54, 1.807) is 0 Å². The minimum atomic E-state index is -4.67. The van der Waals surface area contributed by atoms with Gasteiger partial charge in [0.05, 0.1) is 10.6 Å². The Balaban J connectivity index is 1.02. The smallest absolute Gasteiger partial charge is 0.418 e. The van der Waals surface area contributed by atoms with E-state index in [0.717, 1.165) is 67.5 Å². The van der Waals surface area contributed by atoms with Crippen molar-refractivity contribution < 1.29 is 22.6 Å². The fourth-order valence-electron chi connectivity index (χ4n) is 5.65. The van der Waals surface area contributed by atoms with Crippen molar-refractivity contribution in [1.29, 1.82) is 0 Å². The molecule has 10 heteroatoms. The summed E-state index contributed by atoms with van der Waals surface area (Å²) in [6.45, 7) is 4.39. The summed E-state index contributed by atoms with van der Waals surface area (Å²) in [6.07, 6.45) is -0.532. The van der Waals surface area contributed by atoms with E-state index in [-0.39, 0.29) is 11.9 Å². The van der Waals surface area contributed by atoms with Crippen molar-refractivity contribution in [2.45, 2.75) is 50.3 Å². The molecule has 5 rings (SSSR count). The molecule has 2 aliphatic rings. The molecule has 42 heavy (non-hydrogen) atoms. The van der Waals surface area contributed by atoms with Crippen LogP contribution in [0, 0.1) is 4.91 Å². The van der Waals surface area contributed by atoms with Crippen LogP contribution < -0.4 is 9.47 Å². The second-order valence-electron chi connectivity index (χ2n) is 10.8. The molecule has 0 aromatic heterocycles. The van der Waals surface area contributed by atoms with Gasteiger partial charge in [0.15, 0.2) is 0 Å². The molecular formula is C32H34F3N3O3S. The molecule has 0 atom stereocenters. The van der Waals surface area contributed by atoms with Gasteiger partial charge in [0.1, 0.15) is 29.0 Å². The predicted octanol–water partition coefficient (Wildman–Crippen LogP) is 8.34. The number of hydrogen-bond donors (Lipinski definition) is 0. The van der Waals surface area contributed by atoms with Gasteiger partial charge in [0, 0.05) is 38.9 Å². The summed E-state index contributed by atoms with van der Waals surface area (Å²) in [5.41, 5.74) is -0.367. The van der Waals surface area contributed by atoms with E-state index in [4.69, 9.17) is 21.7 Å². The lowest BCUT2D eigenvalue weighted by Crippen LogP contribution is -2.42. The highest BCUT2D eigenvalue weighted by molar-refractivity contribution is 7.80. The predicted molar refractivity (Wildman–Crippen MR) is 161 cm³/mol. The lowest BCUT2D eigenvalue weighted by atomic mass is 9.89. The van der Waals surface area contributed by atoms with Crippen LogP contribution in [0.4, 0.5) is 18.9 Å². The second-order valence-corrected chi connectivity index (χ2v) is 11.3. The van der Waals surface area contributed by atoms with E-state index < -0.39 is 17.4 Å². The van der Waals surface area contributed by atoms with Crippen LogP contribution >= 0.6 is 12.2 Å². The monoisotopic (exact) mass is 597 g/mol. The van der Waals surface area contributed by atoms with Crippen LogP contribution in [-0.4, -0.2) is 53.6 Å². The minimum Gasteiger partial charge on any atom is -0.490 e.